The van der Waals surface area contributed by atoms with Gasteiger partial charge in [0.25, 0.3) is 0 Å². The van der Waals surface area contributed by atoms with Gasteiger partial charge < -0.3 is 4.90 Å². The van der Waals surface area contributed by atoms with Crippen LogP contribution in [0.4, 0.5) is 0 Å². The maximum atomic E-state index is 12.7. The SMILES string of the molecule is CC(=O)C1C(=O)N(C2CCCCCC2)C12CCCCCC2. The molecule has 0 N–H and O–H groups in total. The molecule has 1 saturated heterocycles. The number of ketones is 1. The molecule has 3 rings (SSSR count). The van der Waals surface area contributed by atoms with Crippen molar-refractivity contribution in [3.05, 3.63) is 0 Å². The summed E-state index contributed by atoms with van der Waals surface area (Å²) < 4.78 is 0. The number of β-lactam (4-membered cyclic amide) rings is 1. The van der Waals surface area contributed by atoms with Crippen LogP contribution in [-0.4, -0.2) is 28.2 Å². The van der Waals surface area contributed by atoms with Gasteiger partial charge in [0.05, 0.1) is 5.54 Å². The molecule has 3 fully saturated rings. The summed E-state index contributed by atoms with van der Waals surface area (Å²) >= 11 is 0. The standard InChI is InChI=1S/C18H29NO2/c1-14(20)16-17(21)19(15-10-6-2-3-7-11-15)18(16)12-8-4-5-9-13-18/h15-16H,2-13H2,1H3. The Balaban J connectivity index is 1.86. The number of carbonyl (C=O) groups excluding carboxylic acids is 2. The predicted molar refractivity (Wildman–Crippen MR) is 82.9 cm³/mol. The van der Waals surface area contributed by atoms with Gasteiger partial charge in [0.2, 0.25) is 5.91 Å². The normalized spacial score (nSPS) is 30.6. The average molecular weight is 291 g/mol. The number of carbonyl (C=O) groups is 2. The van der Waals surface area contributed by atoms with Crippen LogP contribution in [0.25, 0.3) is 0 Å². The Morgan fingerprint density at radius 1 is 0.952 bits per heavy atom. The van der Waals surface area contributed by atoms with E-state index in [-0.39, 0.29) is 23.1 Å². The monoisotopic (exact) mass is 291 g/mol. The highest BCUT2D eigenvalue weighted by molar-refractivity contribution is 6.07. The summed E-state index contributed by atoms with van der Waals surface area (Å²) in [5, 5.41) is 0. The van der Waals surface area contributed by atoms with E-state index in [2.05, 4.69) is 4.90 Å². The molecule has 1 aliphatic heterocycles. The summed E-state index contributed by atoms with van der Waals surface area (Å²) in [6.45, 7) is 1.62. The first-order valence-corrected chi connectivity index (χ1v) is 9.00. The third-order valence-electron chi connectivity index (χ3n) is 6.07. The van der Waals surface area contributed by atoms with E-state index in [1.165, 1.54) is 51.4 Å². The zero-order valence-electron chi connectivity index (χ0n) is 13.4. The molecule has 3 aliphatic rings. The Kier molecular flexibility index (Phi) is 4.37. The maximum absolute atomic E-state index is 12.7. The molecule has 118 valence electrons. The van der Waals surface area contributed by atoms with E-state index in [1.54, 1.807) is 6.92 Å². The van der Waals surface area contributed by atoms with Crippen molar-refractivity contribution in [2.45, 2.75) is 95.6 Å². The van der Waals surface area contributed by atoms with Crippen molar-refractivity contribution >= 4 is 11.7 Å². The lowest BCUT2D eigenvalue weighted by atomic mass is 9.65. The van der Waals surface area contributed by atoms with E-state index in [0.717, 1.165) is 25.7 Å². The number of likely N-dealkylation sites (tertiary alicyclic amines) is 1. The van der Waals surface area contributed by atoms with E-state index in [1.807, 2.05) is 0 Å². The molecule has 2 aliphatic carbocycles. The van der Waals surface area contributed by atoms with E-state index in [4.69, 9.17) is 0 Å². The summed E-state index contributed by atoms with van der Waals surface area (Å²) in [6, 6.07) is 0.411. The Morgan fingerprint density at radius 2 is 1.48 bits per heavy atom. The highest BCUT2D eigenvalue weighted by Crippen LogP contribution is 2.50. The molecule has 1 spiro atoms. The predicted octanol–water partition coefficient (Wildman–Crippen LogP) is 3.85. The Morgan fingerprint density at radius 3 is 2.00 bits per heavy atom. The van der Waals surface area contributed by atoms with E-state index < -0.39 is 0 Å². The van der Waals surface area contributed by atoms with Crippen LogP contribution in [0.1, 0.15) is 84.0 Å². The molecule has 1 atom stereocenters. The quantitative estimate of drug-likeness (QED) is 0.440. The summed E-state index contributed by atoms with van der Waals surface area (Å²) in [5.74, 6) is -0.0677. The van der Waals surface area contributed by atoms with Crippen LogP contribution in [0.15, 0.2) is 0 Å². The number of amides is 1. The lowest BCUT2D eigenvalue weighted by Crippen LogP contribution is -2.75. The van der Waals surface area contributed by atoms with Gasteiger partial charge in [-0.1, -0.05) is 51.4 Å². The van der Waals surface area contributed by atoms with Crippen LogP contribution in [0.3, 0.4) is 0 Å². The molecule has 0 aromatic heterocycles. The molecular weight excluding hydrogens is 262 g/mol. The first kappa shape index (κ1) is 15.1. The van der Waals surface area contributed by atoms with E-state index >= 15 is 0 Å². The molecule has 3 nitrogen and oxygen atoms in total. The first-order chi connectivity index (χ1) is 10.2. The number of Topliss-reactive ketones (excluding diaryl/α,β-unsaturated/α-hetero) is 1. The topological polar surface area (TPSA) is 37.4 Å². The van der Waals surface area contributed by atoms with Gasteiger partial charge in [-0.2, -0.15) is 0 Å². The lowest BCUT2D eigenvalue weighted by molar-refractivity contribution is -0.183. The first-order valence-electron chi connectivity index (χ1n) is 9.00. The Hall–Kier alpha value is -0.860. The molecular formula is C18H29NO2. The van der Waals surface area contributed by atoms with Crippen LogP contribution in [-0.2, 0) is 9.59 Å². The van der Waals surface area contributed by atoms with Crippen molar-refractivity contribution in [1.82, 2.24) is 4.90 Å². The zero-order valence-corrected chi connectivity index (χ0v) is 13.4. The Bertz CT molecular complexity index is 401. The second kappa shape index (κ2) is 6.10. The van der Waals surface area contributed by atoms with Crippen molar-refractivity contribution < 1.29 is 9.59 Å². The van der Waals surface area contributed by atoms with Crippen LogP contribution in [0.2, 0.25) is 0 Å². The van der Waals surface area contributed by atoms with Gasteiger partial charge >= 0.3 is 0 Å². The van der Waals surface area contributed by atoms with E-state index in [0.29, 0.717) is 6.04 Å². The third kappa shape index (κ3) is 2.53. The number of rotatable bonds is 2. The van der Waals surface area contributed by atoms with Crippen LogP contribution in [0.5, 0.6) is 0 Å². The van der Waals surface area contributed by atoms with Crippen molar-refractivity contribution in [2.24, 2.45) is 5.92 Å². The largest absolute Gasteiger partial charge is 0.332 e. The van der Waals surface area contributed by atoms with Gasteiger partial charge in [0, 0.05) is 6.04 Å². The van der Waals surface area contributed by atoms with Gasteiger partial charge in [-0.05, 0) is 32.6 Å². The van der Waals surface area contributed by atoms with Gasteiger partial charge in [0.1, 0.15) is 11.7 Å². The second-order valence-electron chi connectivity index (χ2n) is 7.42. The molecule has 1 amide bonds. The highest BCUT2D eigenvalue weighted by Gasteiger charge is 2.62. The minimum Gasteiger partial charge on any atom is -0.332 e. The zero-order chi connectivity index (χ0) is 14.9. The van der Waals surface area contributed by atoms with Crippen LogP contribution < -0.4 is 0 Å². The van der Waals surface area contributed by atoms with Gasteiger partial charge in [-0.15, -0.1) is 0 Å². The fraction of sp³-hybridized carbons (Fsp3) is 0.889. The average Bonchev–Trinajstić information content (AvgIpc) is 2.82. The molecule has 0 radical (unpaired) electrons. The summed E-state index contributed by atoms with van der Waals surface area (Å²) in [5.41, 5.74) is -0.103. The molecule has 0 aromatic carbocycles. The lowest BCUT2D eigenvalue weighted by Gasteiger charge is -2.60. The Labute approximate surface area is 128 Å². The van der Waals surface area contributed by atoms with Crippen molar-refractivity contribution in [3.63, 3.8) is 0 Å². The summed E-state index contributed by atoms with van der Waals surface area (Å²) in [6.07, 6.45) is 14.4. The molecule has 1 heterocycles. The molecule has 0 bridgehead atoms. The molecule has 21 heavy (non-hydrogen) atoms. The minimum absolute atomic E-state index is 0.103. The van der Waals surface area contributed by atoms with Gasteiger partial charge in [0.15, 0.2) is 0 Å². The maximum Gasteiger partial charge on any atom is 0.236 e. The van der Waals surface area contributed by atoms with Gasteiger partial charge in [-0.25, -0.2) is 0 Å². The van der Waals surface area contributed by atoms with Crippen molar-refractivity contribution in [3.8, 4) is 0 Å². The fourth-order valence-corrected chi connectivity index (χ4v) is 5.14. The third-order valence-corrected chi connectivity index (χ3v) is 6.07. The van der Waals surface area contributed by atoms with Crippen LogP contribution >= 0.6 is 0 Å². The van der Waals surface area contributed by atoms with Gasteiger partial charge in [-0.3, -0.25) is 9.59 Å². The molecule has 3 heteroatoms. The highest BCUT2D eigenvalue weighted by atomic mass is 16.2. The number of hydrogen-bond acceptors (Lipinski definition) is 2. The van der Waals surface area contributed by atoms with Crippen molar-refractivity contribution in [2.75, 3.05) is 0 Å². The molecule has 0 aromatic rings. The number of nitrogens with zero attached hydrogens (tertiary/aromatic N) is 1. The summed E-state index contributed by atoms with van der Waals surface area (Å²) in [7, 11) is 0. The smallest absolute Gasteiger partial charge is 0.236 e. The minimum atomic E-state index is -0.321. The fourth-order valence-electron chi connectivity index (χ4n) is 5.14. The van der Waals surface area contributed by atoms with E-state index in [9.17, 15) is 9.59 Å². The molecule has 2 saturated carbocycles. The second-order valence-corrected chi connectivity index (χ2v) is 7.42. The number of hydrogen-bond donors (Lipinski definition) is 0. The summed E-state index contributed by atoms with van der Waals surface area (Å²) in [4.78, 5) is 27.0. The van der Waals surface area contributed by atoms with Crippen molar-refractivity contribution in [1.29, 1.82) is 0 Å². The van der Waals surface area contributed by atoms with Crippen LogP contribution in [0, 0.1) is 5.92 Å². The molecule has 1 unspecified atom stereocenters.